The molecule has 4 aromatic rings. The number of benzene rings is 2. The lowest BCUT2D eigenvalue weighted by Gasteiger charge is -2.06. The van der Waals surface area contributed by atoms with E-state index in [4.69, 9.17) is 11.0 Å². The predicted octanol–water partition coefficient (Wildman–Crippen LogP) is 5.85. The SMILES string of the molecule is N#Cc1cc(F)cc(Sc2sc3ncc(N)cc3c2-c2cccc(F)c2)c1. The largest absolute Gasteiger partial charge is 0.397 e. The van der Waals surface area contributed by atoms with E-state index in [-0.39, 0.29) is 11.4 Å². The minimum atomic E-state index is -0.479. The first kappa shape index (κ1) is 17.5. The van der Waals surface area contributed by atoms with E-state index in [1.54, 1.807) is 24.4 Å². The van der Waals surface area contributed by atoms with Gasteiger partial charge >= 0.3 is 0 Å². The third-order valence-electron chi connectivity index (χ3n) is 3.86. The Morgan fingerprint density at radius 3 is 2.70 bits per heavy atom. The van der Waals surface area contributed by atoms with Crippen LogP contribution in [0.5, 0.6) is 0 Å². The van der Waals surface area contributed by atoms with Crippen LogP contribution in [-0.4, -0.2) is 4.98 Å². The Morgan fingerprint density at radius 1 is 1.07 bits per heavy atom. The van der Waals surface area contributed by atoms with Gasteiger partial charge in [-0.2, -0.15) is 5.26 Å². The fourth-order valence-electron chi connectivity index (χ4n) is 2.76. The topological polar surface area (TPSA) is 62.7 Å². The highest BCUT2D eigenvalue weighted by molar-refractivity contribution is 8.01. The summed E-state index contributed by atoms with van der Waals surface area (Å²) in [5.41, 5.74) is 8.13. The number of halogens is 2. The van der Waals surface area contributed by atoms with Gasteiger partial charge in [0.15, 0.2) is 0 Å². The van der Waals surface area contributed by atoms with E-state index in [0.29, 0.717) is 16.1 Å². The molecule has 0 saturated carbocycles. The second kappa shape index (κ2) is 6.99. The van der Waals surface area contributed by atoms with Gasteiger partial charge in [-0.15, -0.1) is 11.3 Å². The number of nitrogen functional groups attached to an aromatic ring is 1. The van der Waals surface area contributed by atoms with Gasteiger partial charge in [-0.05, 0) is 42.0 Å². The summed E-state index contributed by atoms with van der Waals surface area (Å²) in [6.45, 7) is 0. The zero-order valence-electron chi connectivity index (χ0n) is 13.7. The number of nitrogens with two attached hydrogens (primary N) is 1. The Kier molecular flexibility index (Phi) is 4.52. The normalized spacial score (nSPS) is 10.9. The molecule has 2 aromatic carbocycles. The second-order valence-electron chi connectivity index (χ2n) is 5.79. The van der Waals surface area contributed by atoms with E-state index >= 15 is 0 Å². The number of thiophene rings is 1. The van der Waals surface area contributed by atoms with Crippen molar-refractivity contribution in [1.82, 2.24) is 4.98 Å². The molecular weight excluding hydrogens is 384 g/mol. The first-order valence-corrected chi connectivity index (χ1v) is 9.49. The van der Waals surface area contributed by atoms with Gasteiger partial charge in [-0.1, -0.05) is 23.9 Å². The van der Waals surface area contributed by atoms with E-state index < -0.39 is 5.82 Å². The van der Waals surface area contributed by atoms with Gasteiger partial charge in [0.2, 0.25) is 0 Å². The van der Waals surface area contributed by atoms with Crippen LogP contribution in [0.3, 0.4) is 0 Å². The molecule has 132 valence electrons. The number of nitrogens with zero attached hydrogens (tertiary/aromatic N) is 2. The molecule has 0 bridgehead atoms. The Bertz CT molecular complexity index is 1210. The van der Waals surface area contributed by atoms with Gasteiger partial charge in [-0.3, -0.25) is 0 Å². The molecule has 2 N–H and O–H groups in total. The molecule has 0 aliphatic rings. The molecule has 0 fully saturated rings. The molecule has 0 spiro atoms. The second-order valence-corrected chi connectivity index (χ2v) is 8.13. The maximum atomic E-state index is 13.8. The molecule has 0 unspecified atom stereocenters. The number of hydrogen-bond donors (Lipinski definition) is 1. The molecule has 0 aliphatic carbocycles. The van der Waals surface area contributed by atoms with Crippen molar-refractivity contribution < 1.29 is 8.78 Å². The zero-order chi connectivity index (χ0) is 19.0. The third-order valence-corrected chi connectivity index (χ3v) is 6.13. The Morgan fingerprint density at radius 2 is 1.93 bits per heavy atom. The summed E-state index contributed by atoms with van der Waals surface area (Å²) in [4.78, 5) is 5.70. The molecule has 2 aromatic heterocycles. The van der Waals surface area contributed by atoms with Crippen LogP contribution in [0.2, 0.25) is 0 Å². The van der Waals surface area contributed by atoms with Crippen LogP contribution in [0, 0.1) is 23.0 Å². The highest BCUT2D eigenvalue weighted by Crippen LogP contribution is 2.46. The van der Waals surface area contributed by atoms with Gasteiger partial charge in [0.1, 0.15) is 16.5 Å². The van der Waals surface area contributed by atoms with E-state index in [1.165, 1.54) is 47.4 Å². The quantitative estimate of drug-likeness (QED) is 0.473. The zero-order valence-corrected chi connectivity index (χ0v) is 15.4. The van der Waals surface area contributed by atoms with Gasteiger partial charge < -0.3 is 5.73 Å². The molecular formula is C20H11F2N3S2. The number of pyridine rings is 1. The Hall–Kier alpha value is -2.95. The van der Waals surface area contributed by atoms with Crippen molar-refractivity contribution >= 4 is 39.0 Å². The molecule has 0 amide bonds. The standard InChI is InChI=1S/C20H11F2N3S2/c21-13-3-1-2-12(6-13)18-17-8-15(24)10-25-19(17)27-20(18)26-16-5-11(9-23)4-14(22)7-16/h1-8,10H,24H2. The highest BCUT2D eigenvalue weighted by atomic mass is 32.2. The fraction of sp³-hybridized carbons (Fsp3) is 0. The van der Waals surface area contributed by atoms with Crippen molar-refractivity contribution in [3.63, 3.8) is 0 Å². The summed E-state index contributed by atoms with van der Waals surface area (Å²) in [6.07, 6.45) is 1.57. The van der Waals surface area contributed by atoms with Gasteiger partial charge in [0, 0.05) is 15.8 Å². The van der Waals surface area contributed by atoms with Crippen LogP contribution in [0.1, 0.15) is 5.56 Å². The lowest BCUT2D eigenvalue weighted by Crippen LogP contribution is -1.86. The lowest BCUT2D eigenvalue weighted by molar-refractivity contribution is 0.623. The van der Waals surface area contributed by atoms with Gasteiger partial charge in [0.25, 0.3) is 0 Å². The van der Waals surface area contributed by atoms with Gasteiger partial charge in [-0.25, -0.2) is 13.8 Å². The van der Waals surface area contributed by atoms with Crippen LogP contribution < -0.4 is 5.73 Å². The molecule has 0 aliphatic heterocycles. The van der Waals surface area contributed by atoms with E-state index in [0.717, 1.165) is 20.0 Å². The molecule has 27 heavy (non-hydrogen) atoms. The van der Waals surface area contributed by atoms with Crippen molar-refractivity contribution in [1.29, 1.82) is 5.26 Å². The number of fused-ring (bicyclic) bond motifs is 1. The highest BCUT2D eigenvalue weighted by Gasteiger charge is 2.17. The maximum Gasteiger partial charge on any atom is 0.125 e. The van der Waals surface area contributed by atoms with Crippen molar-refractivity contribution in [2.75, 3.05) is 5.73 Å². The molecule has 2 heterocycles. The third kappa shape index (κ3) is 3.50. The van der Waals surface area contributed by atoms with Crippen molar-refractivity contribution in [2.45, 2.75) is 9.10 Å². The summed E-state index contributed by atoms with van der Waals surface area (Å²) in [5, 5.41) is 9.88. The van der Waals surface area contributed by atoms with Crippen molar-refractivity contribution in [3.05, 3.63) is 71.9 Å². The molecule has 0 atom stereocenters. The van der Waals surface area contributed by atoms with E-state index in [2.05, 4.69) is 4.98 Å². The summed E-state index contributed by atoms with van der Waals surface area (Å²) in [7, 11) is 0. The Labute approximate surface area is 162 Å². The number of nitriles is 1. The molecule has 0 saturated heterocycles. The van der Waals surface area contributed by atoms with Crippen LogP contribution in [0.15, 0.2) is 63.8 Å². The molecule has 0 radical (unpaired) electrons. The number of aromatic nitrogens is 1. The number of rotatable bonds is 3. The molecule has 7 heteroatoms. The first-order valence-electron chi connectivity index (χ1n) is 7.86. The Balaban J connectivity index is 1.91. The number of hydrogen-bond acceptors (Lipinski definition) is 5. The lowest BCUT2D eigenvalue weighted by atomic mass is 10.1. The molecule has 4 rings (SSSR count). The predicted molar refractivity (Wildman–Crippen MR) is 105 cm³/mol. The van der Waals surface area contributed by atoms with Crippen molar-refractivity contribution in [3.8, 4) is 17.2 Å². The van der Waals surface area contributed by atoms with Crippen LogP contribution in [0.25, 0.3) is 21.3 Å². The first-order chi connectivity index (χ1) is 13.0. The minimum absolute atomic E-state index is 0.244. The average molecular weight is 395 g/mol. The summed E-state index contributed by atoms with van der Waals surface area (Å²) >= 11 is 2.73. The van der Waals surface area contributed by atoms with Crippen LogP contribution in [0.4, 0.5) is 14.5 Å². The van der Waals surface area contributed by atoms with E-state index in [9.17, 15) is 8.78 Å². The van der Waals surface area contributed by atoms with E-state index in [1.807, 2.05) is 12.1 Å². The van der Waals surface area contributed by atoms with Crippen LogP contribution in [-0.2, 0) is 0 Å². The summed E-state index contributed by atoms with van der Waals surface area (Å²) < 4.78 is 28.5. The fourth-order valence-corrected chi connectivity index (χ4v) is 5.24. The smallest absolute Gasteiger partial charge is 0.125 e. The van der Waals surface area contributed by atoms with Gasteiger partial charge in [0.05, 0.1) is 27.7 Å². The maximum absolute atomic E-state index is 13.8. The summed E-state index contributed by atoms with van der Waals surface area (Å²) in [6, 6.07) is 14.2. The summed E-state index contributed by atoms with van der Waals surface area (Å²) in [5.74, 6) is -0.829. The monoisotopic (exact) mass is 395 g/mol. The average Bonchev–Trinajstić information content (AvgIpc) is 2.98. The van der Waals surface area contributed by atoms with Crippen LogP contribution >= 0.6 is 23.1 Å². The molecule has 3 nitrogen and oxygen atoms in total. The minimum Gasteiger partial charge on any atom is -0.397 e. The van der Waals surface area contributed by atoms with Crippen molar-refractivity contribution in [2.24, 2.45) is 0 Å². The number of anilines is 1.